The molecule has 26 heavy (non-hydrogen) atoms. The van der Waals surface area contributed by atoms with Crippen molar-refractivity contribution in [2.45, 2.75) is 6.92 Å². The highest BCUT2D eigenvalue weighted by molar-refractivity contribution is 6.27. The first-order chi connectivity index (χ1) is 12.7. The van der Waals surface area contributed by atoms with Gasteiger partial charge in [0.2, 0.25) is 11.6 Å². The molecule has 1 N–H and O–H groups in total. The van der Waals surface area contributed by atoms with Crippen LogP contribution in [0.25, 0.3) is 0 Å². The summed E-state index contributed by atoms with van der Waals surface area (Å²) in [5.74, 6) is -0.261. The van der Waals surface area contributed by atoms with E-state index in [-0.39, 0.29) is 11.6 Å². The van der Waals surface area contributed by atoms with Crippen LogP contribution in [-0.2, 0) is 4.74 Å². The van der Waals surface area contributed by atoms with Crippen molar-refractivity contribution < 1.29 is 14.3 Å². The SMILES string of the molecule is Cc1ccccc1NC1=C(N2CCOCC2)C(=O)c2ccccc2C1=O. The lowest BCUT2D eigenvalue weighted by Gasteiger charge is -2.34. The first-order valence-electron chi connectivity index (χ1n) is 8.75. The average molecular weight is 348 g/mol. The second kappa shape index (κ2) is 6.77. The lowest BCUT2D eigenvalue weighted by molar-refractivity contribution is 0.0496. The number of aryl methyl sites for hydroxylation is 1. The van der Waals surface area contributed by atoms with Gasteiger partial charge in [0.05, 0.1) is 13.2 Å². The van der Waals surface area contributed by atoms with Gasteiger partial charge >= 0.3 is 0 Å². The average Bonchev–Trinajstić information content (AvgIpc) is 2.68. The molecular weight excluding hydrogens is 328 g/mol. The van der Waals surface area contributed by atoms with Gasteiger partial charge in [-0.15, -0.1) is 0 Å². The van der Waals surface area contributed by atoms with E-state index in [1.54, 1.807) is 24.3 Å². The summed E-state index contributed by atoms with van der Waals surface area (Å²) in [6, 6.07) is 14.8. The number of fused-ring (bicyclic) bond motifs is 1. The van der Waals surface area contributed by atoms with Gasteiger partial charge in [-0.25, -0.2) is 0 Å². The van der Waals surface area contributed by atoms with Crippen molar-refractivity contribution in [3.8, 4) is 0 Å². The maximum atomic E-state index is 13.2. The standard InChI is InChI=1S/C21H20N2O3/c1-14-6-2-5-9-17(14)22-18-19(23-10-12-26-13-11-23)21(25)16-8-4-3-7-15(16)20(18)24/h2-9,22H,10-13H2,1H3. The number of benzene rings is 2. The zero-order valence-electron chi connectivity index (χ0n) is 14.6. The van der Waals surface area contributed by atoms with Crippen molar-refractivity contribution in [3.63, 3.8) is 0 Å². The van der Waals surface area contributed by atoms with Crippen LogP contribution in [0.4, 0.5) is 5.69 Å². The molecule has 0 aromatic heterocycles. The summed E-state index contributed by atoms with van der Waals surface area (Å²) in [7, 11) is 0. The Labute approximate surface area is 152 Å². The Balaban J connectivity index is 1.84. The number of allylic oxidation sites excluding steroid dienone is 2. The summed E-state index contributed by atoms with van der Waals surface area (Å²) in [5.41, 5.74) is 3.55. The topological polar surface area (TPSA) is 58.6 Å². The van der Waals surface area contributed by atoms with Gasteiger partial charge in [-0.1, -0.05) is 42.5 Å². The first kappa shape index (κ1) is 16.5. The van der Waals surface area contributed by atoms with Crippen LogP contribution < -0.4 is 5.32 Å². The summed E-state index contributed by atoms with van der Waals surface area (Å²) in [4.78, 5) is 28.4. The minimum absolute atomic E-state index is 0.113. The zero-order valence-corrected chi connectivity index (χ0v) is 14.6. The third-order valence-electron chi connectivity index (χ3n) is 4.83. The zero-order chi connectivity index (χ0) is 18.1. The number of morpholine rings is 1. The third-order valence-corrected chi connectivity index (χ3v) is 4.83. The highest BCUT2D eigenvalue weighted by Gasteiger charge is 2.35. The van der Waals surface area contributed by atoms with Crippen LogP contribution in [0.5, 0.6) is 0 Å². The fraction of sp³-hybridized carbons (Fsp3) is 0.238. The van der Waals surface area contributed by atoms with E-state index in [0.717, 1.165) is 11.3 Å². The van der Waals surface area contributed by atoms with Crippen LogP contribution in [0, 0.1) is 6.92 Å². The Morgan fingerprint density at radius 1 is 0.885 bits per heavy atom. The molecule has 0 unspecified atom stereocenters. The molecule has 0 bridgehead atoms. The van der Waals surface area contributed by atoms with Gasteiger partial charge in [0.1, 0.15) is 11.4 Å². The second-order valence-electron chi connectivity index (χ2n) is 6.47. The molecule has 132 valence electrons. The molecule has 5 nitrogen and oxygen atoms in total. The lowest BCUT2D eigenvalue weighted by Crippen LogP contribution is -2.42. The molecule has 2 aromatic carbocycles. The summed E-state index contributed by atoms with van der Waals surface area (Å²) >= 11 is 0. The first-order valence-corrected chi connectivity index (χ1v) is 8.75. The minimum atomic E-state index is -0.148. The number of hydrogen-bond acceptors (Lipinski definition) is 5. The molecule has 1 fully saturated rings. The van der Waals surface area contributed by atoms with Crippen LogP contribution in [0.1, 0.15) is 26.3 Å². The molecule has 1 aliphatic heterocycles. The summed E-state index contributed by atoms with van der Waals surface area (Å²) in [6.45, 7) is 4.25. The summed E-state index contributed by atoms with van der Waals surface area (Å²) in [5, 5.41) is 3.24. The van der Waals surface area contributed by atoms with Crippen molar-refractivity contribution in [2.75, 3.05) is 31.6 Å². The fourth-order valence-corrected chi connectivity index (χ4v) is 3.41. The molecule has 0 spiro atoms. The molecule has 4 rings (SSSR count). The number of nitrogens with zero attached hydrogens (tertiary/aromatic N) is 1. The van der Waals surface area contributed by atoms with Crippen LogP contribution in [0.3, 0.4) is 0 Å². The summed E-state index contributed by atoms with van der Waals surface area (Å²) < 4.78 is 5.41. The number of nitrogens with one attached hydrogen (secondary N) is 1. The van der Waals surface area contributed by atoms with E-state index < -0.39 is 0 Å². The van der Waals surface area contributed by atoms with Crippen molar-refractivity contribution in [1.82, 2.24) is 4.90 Å². The van der Waals surface area contributed by atoms with E-state index >= 15 is 0 Å². The van der Waals surface area contributed by atoms with Crippen LogP contribution in [0.15, 0.2) is 59.9 Å². The Morgan fingerprint density at radius 3 is 2.19 bits per heavy atom. The van der Waals surface area contributed by atoms with Crippen molar-refractivity contribution in [2.24, 2.45) is 0 Å². The van der Waals surface area contributed by atoms with E-state index in [2.05, 4.69) is 5.32 Å². The molecular formula is C21H20N2O3. The van der Waals surface area contributed by atoms with Gasteiger partial charge in [0, 0.05) is 29.9 Å². The molecule has 1 aliphatic carbocycles. The molecule has 0 radical (unpaired) electrons. The Hall–Kier alpha value is -2.92. The number of carbonyl (C=O) groups excluding carboxylic acids is 2. The highest BCUT2D eigenvalue weighted by Crippen LogP contribution is 2.30. The molecule has 2 aromatic rings. The molecule has 1 saturated heterocycles. The normalized spacial score (nSPS) is 17.3. The number of para-hydroxylation sites is 1. The number of hydrogen-bond donors (Lipinski definition) is 1. The predicted molar refractivity (Wildman–Crippen MR) is 99.3 cm³/mol. The maximum Gasteiger partial charge on any atom is 0.212 e. The highest BCUT2D eigenvalue weighted by atomic mass is 16.5. The second-order valence-corrected chi connectivity index (χ2v) is 6.47. The van der Waals surface area contributed by atoms with Gasteiger partial charge in [-0.2, -0.15) is 0 Å². The molecule has 0 saturated carbocycles. The Kier molecular flexibility index (Phi) is 4.31. The van der Waals surface area contributed by atoms with Crippen LogP contribution >= 0.6 is 0 Å². The predicted octanol–water partition coefficient (Wildman–Crippen LogP) is 3.03. The van der Waals surface area contributed by atoms with E-state index in [9.17, 15) is 9.59 Å². The largest absolute Gasteiger partial charge is 0.378 e. The van der Waals surface area contributed by atoms with Gasteiger partial charge in [-0.3, -0.25) is 9.59 Å². The van der Waals surface area contributed by atoms with Crippen LogP contribution in [-0.4, -0.2) is 42.8 Å². The summed E-state index contributed by atoms with van der Waals surface area (Å²) in [6.07, 6.45) is 0. The molecule has 2 aliphatic rings. The Morgan fingerprint density at radius 2 is 1.50 bits per heavy atom. The van der Waals surface area contributed by atoms with Gasteiger partial charge in [0.25, 0.3) is 0 Å². The van der Waals surface area contributed by atoms with E-state index in [1.807, 2.05) is 36.1 Å². The number of rotatable bonds is 3. The van der Waals surface area contributed by atoms with E-state index in [0.29, 0.717) is 48.8 Å². The lowest BCUT2D eigenvalue weighted by atomic mass is 9.89. The fourth-order valence-electron chi connectivity index (χ4n) is 3.41. The van der Waals surface area contributed by atoms with Gasteiger partial charge < -0.3 is 15.0 Å². The molecule has 0 amide bonds. The van der Waals surface area contributed by atoms with Crippen molar-refractivity contribution in [3.05, 3.63) is 76.6 Å². The van der Waals surface area contributed by atoms with E-state index in [1.165, 1.54) is 0 Å². The molecule has 0 atom stereocenters. The van der Waals surface area contributed by atoms with Crippen LogP contribution in [0.2, 0.25) is 0 Å². The van der Waals surface area contributed by atoms with E-state index in [4.69, 9.17) is 4.74 Å². The minimum Gasteiger partial charge on any atom is -0.378 e. The maximum absolute atomic E-state index is 13.2. The molecule has 5 heteroatoms. The number of anilines is 1. The Bertz CT molecular complexity index is 911. The number of ether oxygens (including phenoxy) is 1. The number of carbonyl (C=O) groups is 2. The van der Waals surface area contributed by atoms with Crippen molar-refractivity contribution in [1.29, 1.82) is 0 Å². The smallest absolute Gasteiger partial charge is 0.212 e. The quantitative estimate of drug-likeness (QED) is 0.924. The number of Topliss-reactive ketones (excluding diaryl/α,β-unsaturated/α-hetero) is 2. The van der Waals surface area contributed by atoms with Gasteiger partial charge in [-0.05, 0) is 18.6 Å². The van der Waals surface area contributed by atoms with Gasteiger partial charge in [0.15, 0.2) is 0 Å². The third kappa shape index (κ3) is 2.80. The molecule has 1 heterocycles. The van der Waals surface area contributed by atoms with Crippen molar-refractivity contribution >= 4 is 17.3 Å². The number of ketones is 2. The monoisotopic (exact) mass is 348 g/mol.